The number of aromatic nitrogens is 1. The number of fused-ring (bicyclic) bond motifs is 1. The minimum absolute atomic E-state index is 0.162. The molecule has 6 nitrogen and oxygen atoms in total. The van der Waals surface area contributed by atoms with Gasteiger partial charge in [0.25, 0.3) is 6.01 Å². The Labute approximate surface area is 148 Å². The highest BCUT2D eigenvalue weighted by atomic mass is 16.4. The number of hydrogen-bond donors (Lipinski definition) is 1. The Kier molecular flexibility index (Phi) is 4.61. The van der Waals surface area contributed by atoms with Crippen molar-refractivity contribution in [3.63, 3.8) is 0 Å². The lowest BCUT2D eigenvalue weighted by Gasteiger charge is -2.29. The minimum Gasteiger partial charge on any atom is -0.423 e. The lowest BCUT2D eigenvalue weighted by atomic mass is 9.96. The number of rotatable bonds is 4. The van der Waals surface area contributed by atoms with E-state index in [-0.39, 0.29) is 17.9 Å². The summed E-state index contributed by atoms with van der Waals surface area (Å²) in [7, 11) is 2.12. The molecule has 25 heavy (non-hydrogen) atoms. The highest BCUT2D eigenvalue weighted by Gasteiger charge is 2.30. The van der Waals surface area contributed by atoms with Gasteiger partial charge in [0.1, 0.15) is 5.52 Å². The van der Waals surface area contributed by atoms with Gasteiger partial charge >= 0.3 is 0 Å². The molecule has 1 amide bonds. The smallest absolute Gasteiger partial charge is 0.298 e. The molecule has 2 fully saturated rings. The second-order valence-electron chi connectivity index (χ2n) is 7.28. The summed E-state index contributed by atoms with van der Waals surface area (Å²) in [5, 5.41) is 3.17. The van der Waals surface area contributed by atoms with Crippen molar-refractivity contribution in [1.29, 1.82) is 0 Å². The molecule has 2 aliphatic rings. The van der Waals surface area contributed by atoms with Gasteiger partial charge in [-0.05, 0) is 58.0 Å². The summed E-state index contributed by atoms with van der Waals surface area (Å²) >= 11 is 0. The Balaban J connectivity index is 1.37. The zero-order chi connectivity index (χ0) is 17.2. The topological polar surface area (TPSA) is 61.6 Å². The van der Waals surface area contributed by atoms with Crippen LogP contribution in [0.3, 0.4) is 0 Å². The monoisotopic (exact) mass is 342 g/mol. The SMILES string of the molecule is CN1CCC(C(=O)NCC2CCCN2c2nc3ccccc3o2)CC1. The van der Waals surface area contributed by atoms with Gasteiger partial charge in [-0.3, -0.25) is 4.79 Å². The molecule has 4 rings (SSSR count). The number of carbonyl (C=O) groups excluding carboxylic acids is 1. The first kappa shape index (κ1) is 16.4. The Morgan fingerprint density at radius 3 is 2.84 bits per heavy atom. The van der Waals surface area contributed by atoms with Gasteiger partial charge in [-0.15, -0.1) is 0 Å². The summed E-state index contributed by atoms with van der Waals surface area (Å²) in [6.45, 7) is 3.62. The van der Waals surface area contributed by atoms with Gasteiger partial charge in [-0.25, -0.2) is 0 Å². The molecule has 0 bridgehead atoms. The molecule has 2 aromatic rings. The maximum absolute atomic E-state index is 12.5. The van der Waals surface area contributed by atoms with Crippen LogP contribution in [0, 0.1) is 5.92 Å². The quantitative estimate of drug-likeness (QED) is 0.923. The second kappa shape index (κ2) is 7.04. The molecule has 0 saturated carbocycles. The average Bonchev–Trinajstić information content (AvgIpc) is 3.26. The third-order valence-electron chi connectivity index (χ3n) is 5.51. The number of piperidine rings is 1. The maximum Gasteiger partial charge on any atom is 0.298 e. The number of para-hydroxylation sites is 2. The van der Waals surface area contributed by atoms with Gasteiger partial charge < -0.3 is 19.5 Å². The van der Waals surface area contributed by atoms with E-state index in [9.17, 15) is 4.79 Å². The van der Waals surface area contributed by atoms with E-state index in [4.69, 9.17) is 4.42 Å². The van der Waals surface area contributed by atoms with Crippen LogP contribution in [0.15, 0.2) is 28.7 Å². The maximum atomic E-state index is 12.5. The summed E-state index contributed by atoms with van der Waals surface area (Å²) in [6, 6.07) is 8.78. The van der Waals surface area contributed by atoms with Crippen LogP contribution >= 0.6 is 0 Å². The molecule has 3 heterocycles. The molecular weight excluding hydrogens is 316 g/mol. The van der Waals surface area contributed by atoms with Gasteiger partial charge in [0.2, 0.25) is 5.91 Å². The van der Waals surface area contributed by atoms with Gasteiger partial charge in [0.15, 0.2) is 5.58 Å². The molecule has 2 saturated heterocycles. The number of likely N-dealkylation sites (tertiary alicyclic amines) is 1. The standard InChI is InChI=1S/C19H26N4O2/c1-22-11-8-14(9-12-22)18(24)20-13-15-5-4-10-23(15)19-21-16-6-2-3-7-17(16)25-19/h2-3,6-7,14-15H,4-5,8-13H2,1H3,(H,20,24). The highest BCUT2D eigenvalue weighted by Crippen LogP contribution is 2.28. The van der Waals surface area contributed by atoms with Crippen molar-refractivity contribution in [3.05, 3.63) is 24.3 Å². The van der Waals surface area contributed by atoms with Crippen LogP contribution in [-0.4, -0.2) is 55.1 Å². The van der Waals surface area contributed by atoms with Crippen molar-refractivity contribution in [1.82, 2.24) is 15.2 Å². The van der Waals surface area contributed by atoms with Crippen LogP contribution in [0.1, 0.15) is 25.7 Å². The molecule has 134 valence electrons. The third-order valence-corrected chi connectivity index (χ3v) is 5.51. The van der Waals surface area contributed by atoms with Crippen molar-refractivity contribution < 1.29 is 9.21 Å². The van der Waals surface area contributed by atoms with E-state index in [0.29, 0.717) is 12.6 Å². The third kappa shape index (κ3) is 3.49. The predicted molar refractivity (Wildman–Crippen MR) is 97.6 cm³/mol. The van der Waals surface area contributed by atoms with Crippen molar-refractivity contribution in [2.75, 3.05) is 38.1 Å². The number of carbonyl (C=O) groups is 1. The molecule has 0 radical (unpaired) electrons. The normalized spacial score (nSPS) is 22.6. The molecule has 1 aromatic heterocycles. The lowest BCUT2D eigenvalue weighted by molar-refractivity contribution is -0.126. The first-order valence-electron chi connectivity index (χ1n) is 9.29. The number of amides is 1. The zero-order valence-corrected chi connectivity index (χ0v) is 14.8. The molecule has 0 spiro atoms. The summed E-state index contributed by atoms with van der Waals surface area (Å²) in [5.74, 6) is 0.368. The number of hydrogen-bond acceptors (Lipinski definition) is 5. The molecule has 1 atom stereocenters. The Hall–Kier alpha value is -2.08. The first-order valence-corrected chi connectivity index (χ1v) is 9.29. The minimum atomic E-state index is 0.162. The van der Waals surface area contributed by atoms with Gasteiger partial charge in [-0.1, -0.05) is 12.1 Å². The average molecular weight is 342 g/mol. The van der Waals surface area contributed by atoms with E-state index in [0.717, 1.165) is 56.4 Å². The molecule has 6 heteroatoms. The summed E-state index contributed by atoms with van der Waals surface area (Å²) in [6.07, 6.45) is 4.09. The van der Waals surface area contributed by atoms with E-state index >= 15 is 0 Å². The fraction of sp³-hybridized carbons (Fsp3) is 0.579. The van der Waals surface area contributed by atoms with Crippen LogP contribution in [-0.2, 0) is 4.79 Å². The summed E-state index contributed by atoms with van der Waals surface area (Å²) in [5.41, 5.74) is 1.71. The molecule has 1 unspecified atom stereocenters. The molecule has 0 aliphatic carbocycles. The Morgan fingerprint density at radius 2 is 2.04 bits per heavy atom. The van der Waals surface area contributed by atoms with E-state index in [1.165, 1.54) is 0 Å². The van der Waals surface area contributed by atoms with Gasteiger partial charge in [0, 0.05) is 19.0 Å². The number of benzene rings is 1. The number of nitrogens with zero attached hydrogens (tertiary/aromatic N) is 3. The van der Waals surface area contributed by atoms with Gasteiger partial charge in [-0.2, -0.15) is 4.98 Å². The molecular formula is C19H26N4O2. The fourth-order valence-electron chi connectivity index (χ4n) is 3.92. The lowest BCUT2D eigenvalue weighted by Crippen LogP contribution is -2.44. The van der Waals surface area contributed by atoms with E-state index < -0.39 is 0 Å². The van der Waals surface area contributed by atoms with E-state index in [1.54, 1.807) is 0 Å². The van der Waals surface area contributed by atoms with Gasteiger partial charge in [0.05, 0.1) is 6.04 Å². The van der Waals surface area contributed by atoms with Crippen molar-refractivity contribution in [3.8, 4) is 0 Å². The number of oxazole rings is 1. The van der Waals surface area contributed by atoms with E-state index in [1.807, 2.05) is 24.3 Å². The fourth-order valence-corrected chi connectivity index (χ4v) is 3.92. The molecule has 1 N–H and O–H groups in total. The highest BCUT2D eigenvalue weighted by molar-refractivity contribution is 5.79. The second-order valence-corrected chi connectivity index (χ2v) is 7.28. The van der Waals surface area contributed by atoms with Crippen molar-refractivity contribution >= 4 is 23.0 Å². The largest absolute Gasteiger partial charge is 0.423 e. The van der Waals surface area contributed by atoms with Crippen LogP contribution < -0.4 is 10.2 Å². The first-order chi connectivity index (χ1) is 12.2. The van der Waals surface area contributed by atoms with Crippen LogP contribution in [0.4, 0.5) is 6.01 Å². The molecule has 2 aliphatic heterocycles. The number of anilines is 1. The Bertz CT molecular complexity index is 703. The number of nitrogens with one attached hydrogen (secondary N) is 1. The summed E-state index contributed by atoms with van der Waals surface area (Å²) < 4.78 is 5.91. The molecule has 1 aromatic carbocycles. The Morgan fingerprint density at radius 1 is 1.24 bits per heavy atom. The zero-order valence-electron chi connectivity index (χ0n) is 14.8. The van der Waals surface area contributed by atoms with Crippen molar-refractivity contribution in [2.45, 2.75) is 31.7 Å². The van der Waals surface area contributed by atoms with Crippen molar-refractivity contribution in [2.24, 2.45) is 5.92 Å². The van der Waals surface area contributed by atoms with Crippen LogP contribution in [0.5, 0.6) is 0 Å². The van der Waals surface area contributed by atoms with Crippen LogP contribution in [0.2, 0.25) is 0 Å². The van der Waals surface area contributed by atoms with Crippen LogP contribution in [0.25, 0.3) is 11.1 Å². The van der Waals surface area contributed by atoms with E-state index in [2.05, 4.69) is 27.1 Å². The predicted octanol–water partition coefficient (Wildman–Crippen LogP) is 2.25. The summed E-state index contributed by atoms with van der Waals surface area (Å²) in [4.78, 5) is 21.6.